The number of carbonyl (C=O) groups excluding carboxylic acids is 1. The number of esters is 1. The van der Waals surface area contributed by atoms with Crippen molar-refractivity contribution in [3.8, 4) is 12.3 Å². The van der Waals surface area contributed by atoms with Crippen LogP contribution in [-0.2, 0) is 19.9 Å². The lowest BCUT2D eigenvalue weighted by atomic mass is 9.59. The average molecular weight is 399 g/mol. The molecule has 4 N–H and O–H groups in total. The summed E-state index contributed by atoms with van der Waals surface area (Å²) in [6.45, 7) is 3.22. The number of aliphatic hydroxyl groups is 1. The van der Waals surface area contributed by atoms with E-state index in [4.69, 9.17) is 45.2 Å². The number of carbonyl (C=O) groups is 1. The lowest BCUT2D eigenvalue weighted by molar-refractivity contribution is -0.232. The Kier molecular flexibility index (Phi) is 5.96. The summed E-state index contributed by atoms with van der Waals surface area (Å²) in [4.78, 5) is 37.6. The molecule has 2 rings (SSSR count). The second-order valence-electron chi connectivity index (χ2n) is 7.10. The summed E-state index contributed by atoms with van der Waals surface area (Å²) in [5.74, 6) is -2.74. The van der Waals surface area contributed by atoms with Crippen LogP contribution < -0.4 is 17.0 Å². The topological polar surface area (TPSA) is 137 Å². The molecule has 1 aliphatic rings. The van der Waals surface area contributed by atoms with E-state index in [1.165, 1.54) is 0 Å². The van der Waals surface area contributed by atoms with Gasteiger partial charge in [-0.15, -0.1) is 6.42 Å². The lowest BCUT2D eigenvalue weighted by Crippen LogP contribution is -2.59. The van der Waals surface area contributed by atoms with Crippen molar-refractivity contribution in [2.75, 3.05) is 0 Å². The van der Waals surface area contributed by atoms with E-state index in [-0.39, 0.29) is 11.5 Å². The molecule has 1 saturated heterocycles. The molecule has 0 aliphatic carbocycles. The Morgan fingerprint density at radius 2 is 2.17 bits per heavy atom. The number of hydrogen-bond donors (Lipinski definition) is 3. The molecule has 0 saturated carbocycles. The number of nitrogens with one attached hydrogen (secondary N) is 1. The minimum absolute atomic E-state index is 0.345. The number of alkyl halides is 1. The van der Waals surface area contributed by atoms with Crippen LogP contribution in [0.25, 0.3) is 0 Å². The molecule has 13 heteroatoms. The van der Waals surface area contributed by atoms with Gasteiger partial charge in [-0.2, -0.15) is 0 Å². The molecule has 1 fully saturated rings. The molecule has 6 radical (unpaired) electrons. The third-order valence-electron chi connectivity index (χ3n) is 4.58. The SMILES string of the molecule is [B]C([B])(OC(=O)[C@@H](N)C(C)C)[C@]1(F)C[C@@H](O)[C@]([B])(n2cc(C#C)c(=O)[nH]c2=O)O1. The third-order valence-corrected chi connectivity index (χ3v) is 4.58. The maximum atomic E-state index is 15.5. The largest absolute Gasteiger partial charge is 0.473 e. The van der Waals surface area contributed by atoms with Crippen molar-refractivity contribution in [1.82, 2.24) is 9.55 Å². The number of rotatable bonds is 5. The Hall–Kier alpha value is -2.29. The number of hydrogen-bond acceptors (Lipinski definition) is 7. The van der Waals surface area contributed by atoms with Gasteiger partial charge in [-0.05, 0) is 5.92 Å². The van der Waals surface area contributed by atoms with E-state index in [0.717, 1.165) is 6.20 Å². The van der Waals surface area contributed by atoms with Gasteiger partial charge < -0.3 is 20.3 Å². The first-order chi connectivity index (χ1) is 13.2. The fourth-order valence-electron chi connectivity index (χ4n) is 2.63. The molecule has 0 amide bonds. The molecule has 0 spiro atoms. The van der Waals surface area contributed by atoms with Crippen molar-refractivity contribution in [3.63, 3.8) is 0 Å². The predicted octanol–water partition coefficient (Wildman–Crippen LogP) is -2.74. The highest BCUT2D eigenvalue weighted by molar-refractivity contribution is 6.40. The fraction of sp³-hybridized carbons (Fsp3) is 0.562. The third kappa shape index (κ3) is 3.92. The van der Waals surface area contributed by atoms with Crippen molar-refractivity contribution < 1.29 is 23.8 Å². The molecule has 0 bridgehead atoms. The number of halogens is 1. The standard InChI is InChI=1S/C16H17B3FN3O6/c1-4-8-6-23(13(27)22-11(8)25)15(17)9(24)5-14(20,29-15)16(18,19)28-12(26)10(21)7(2)3/h1,6-7,9-10,24H,5,21H2,2-3H3,(H,22,25,27)/t9-,10+,14+,15+/m1/s1. The van der Waals surface area contributed by atoms with Gasteiger partial charge in [0.25, 0.3) is 5.56 Å². The fourth-order valence-corrected chi connectivity index (χ4v) is 2.63. The van der Waals surface area contributed by atoms with Gasteiger partial charge in [0.05, 0.1) is 11.5 Å². The van der Waals surface area contributed by atoms with E-state index in [1.54, 1.807) is 13.8 Å². The van der Waals surface area contributed by atoms with Gasteiger partial charge in [0.1, 0.15) is 40.8 Å². The van der Waals surface area contributed by atoms with Crippen LogP contribution in [0.2, 0.25) is 0 Å². The number of H-pyrrole nitrogens is 1. The molecule has 2 heterocycles. The van der Waals surface area contributed by atoms with Crippen LogP contribution in [0.3, 0.4) is 0 Å². The monoisotopic (exact) mass is 399 g/mol. The van der Waals surface area contributed by atoms with Gasteiger partial charge in [-0.1, -0.05) is 19.8 Å². The summed E-state index contributed by atoms with van der Waals surface area (Å²) >= 11 is 0. The van der Waals surface area contributed by atoms with Crippen molar-refractivity contribution in [3.05, 3.63) is 32.6 Å². The minimum Gasteiger partial charge on any atom is -0.473 e. The highest BCUT2D eigenvalue weighted by Gasteiger charge is 2.62. The van der Waals surface area contributed by atoms with E-state index >= 15 is 4.39 Å². The maximum absolute atomic E-state index is 15.5. The quantitative estimate of drug-likeness (QED) is 0.278. The second-order valence-corrected chi connectivity index (χ2v) is 7.10. The summed E-state index contributed by atoms with van der Waals surface area (Å²) in [6, 6.07) is -1.17. The predicted molar refractivity (Wildman–Crippen MR) is 102 cm³/mol. The molecule has 148 valence electrons. The van der Waals surface area contributed by atoms with Crippen LogP contribution in [0, 0.1) is 18.3 Å². The molecule has 29 heavy (non-hydrogen) atoms. The molecule has 0 unspecified atom stereocenters. The normalized spacial score (nSPS) is 28.1. The second kappa shape index (κ2) is 7.52. The number of aromatic amines is 1. The molecule has 9 nitrogen and oxygen atoms in total. The van der Waals surface area contributed by atoms with Crippen molar-refractivity contribution >= 4 is 29.5 Å². The van der Waals surface area contributed by atoms with Crippen molar-refractivity contribution in [2.24, 2.45) is 11.7 Å². The Morgan fingerprint density at radius 3 is 2.69 bits per heavy atom. The Morgan fingerprint density at radius 1 is 1.59 bits per heavy atom. The van der Waals surface area contributed by atoms with Crippen molar-refractivity contribution in [2.45, 2.75) is 49.3 Å². The van der Waals surface area contributed by atoms with Crippen LogP contribution in [0.15, 0.2) is 15.8 Å². The first kappa shape index (κ1) is 23.0. The molecule has 0 aromatic carbocycles. The highest BCUT2D eigenvalue weighted by Crippen LogP contribution is 2.45. The number of nitrogens with zero attached hydrogens (tertiary/aromatic N) is 1. The zero-order chi connectivity index (χ0) is 22.4. The van der Waals surface area contributed by atoms with E-state index in [0.29, 0.717) is 4.57 Å². The van der Waals surface area contributed by atoms with Gasteiger partial charge in [-0.25, -0.2) is 9.18 Å². The summed E-state index contributed by atoms with van der Waals surface area (Å²) in [7, 11) is 17.1. The lowest BCUT2D eigenvalue weighted by Gasteiger charge is -2.40. The first-order valence-electron chi connectivity index (χ1n) is 8.44. The van der Waals surface area contributed by atoms with Gasteiger partial charge in [-0.3, -0.25) is 19.1 Å². The smallest absolute Gasteiger partial charge is 0.330 e. The van der Waals surface area contributed by atoms with Crippen LogP contribution >= 0.6 is 0 Å². The molecular weight excluding hydrogens is 382 g/mol. The number of aliphatic hydroxyl groups excluding tert-OH is 1. The maximum Gasteiger partial charge on any atom is 0.330 e. The molecule has 1 aliphatic heterocycles. The van der Waals surface area contributed by atoms with E-state index < -0.39 is 52.7 Å². The number of aromatic nitrogens is 2. The van der Waals surface area contributed by atoms with Gasteiger partial charge >= 0.3 is 11.7 Å². The van der Waals surface area contributed by atoms with Gasteiger partial charge in [0, 0.05) is 12.6 Å². The molecule has 1 aromatic rings. The summed E-state index contributed by atoms with van der Waals surface area (Å²) in [5.41, 5.74) is 0.639. The highest BCUT2D eigenvalue weighted by atomic mass is 19.2. The Labute approximate surface area is 169 Å². The average Bonchev–Trinajstić information content (AvgIpc) is 2.84. The van der Waals surface area contributed by atoms with Crippen LogP contribution in [-0.4, -0.2) is 67.6 Å². The summed E-state index contributed by atoms with van der Waals surface area (Å²) < 4.78 is 25.8. The van der Waals surface area contributed by atoms with E-state index in [2.05, 4.69) is 0 Å². The number of ether oxygens (including phenoxy) is 2. The first-order valence-corrected chi connectivity index (χ1v) is 8.44. The molecule has 1 aromatic heterocycles. The minimum atomic E-state index is -3.24. The summed E-state index contributed by atoms with van der Waals surface area (Å²) in [6.07, 6.45) is 3.06. The van der Waals surface area contributed by atoms with E-state index in [9.17, 15) is 19.5 Å². The zero-order valence-corrected chi connectivity index (χ0v) is 15.7. The number of terminal acetylenes is 1. The van der Waals surface area contributed by atoms with Crippen molar-refractivity contribution in [1.29, 1.82) is 0 Å². The van der Waals surface area contributed by atoms with Crippen LogP contribution in [0.4, 0.5) is 4.39 Å². The van der Waals surface area contributed by atoms with Gasteiger partial charge in [0.2, 0.25) is 5.85 Å². The van der Waals surface area contributed by atoms with Gasteiger partial charge in [0.15, 0.2) is 0 Å². The Balaban J connectivity index is 2.43. The molecule has 4 atom stereocenters. The van der Waals surface area contributed by atoms with Crippen LogP contribution in [0.1, 0.15) is 25.8 Å². The van der Waals surface area contributed by atoms with Crippen LogP contribution in [0.5, 0.6) is 0 Å². The zero-order valence-electron chi connectivity index (χ0n) is 15.7. The number of nitrogens with two attached hydrogens (primary N) is 1. The summed E-state index contributed by atoms with van der Waals surface area (Å²) in [5, 5.41) is 7.39. The van der Waals surface area contributed by atoms with E-state index in [1.807, 2.05) is 10.9 Å². The molecular formula is C16H17B3FN3O6. The Bertz CT molecular complexity index is 974.